The fourth-order valence-electron chi connectivity index (χ4n) is 1.47. The predicted molar refractivity (Wildman–Crippen MR) is 63.2 cm³/mol. The van der Waals surface area contributed by atoms with Gasteiger partial charge in [-0.05, 0) is 12.1 Å². The van der Waals surface area contributed by atoms with Gasteiger partial charge in [-0.1, -0.05) is 0 Å². The first-order valence-corrected chi connectivity index (χ1v) is 6.59. The van der Waals surface area contributed by atoms with Gasteiger partial charge in [0, 0.05) is 7.05 Å². The molecule has 0 amide bonds. The number of benzene rings is 1. The first-order valence-electron chi connectivity index (χ1n) is 5.15. The number of nitrogens with zero attached hydrogens (tertiary/aromatic N) is 1. The van der Waals surface area contributed by atoms with Gasteiger partial charge in [0.2, 0.25) is 10.0 Å². The Kier molecular flexibility index (Phi) is 4.49. The zero-order valence-corrected chi connectivity index (χ0v) is 11.3. The first-order chi connectivity index (χ1) is 8.99. The SMILES string of the molecule is COc1c(N)cc(S(=O)(=O)N(C)CC(F)(F)F)cc1F. The van der Waals surface area contributed by atoms with Crippen molar-refractivity contribution in [1.82, 2.24) is 4.31 Å². The Bertz CT molecular complexity index is 578. The normalized spacial score (nSPS) is 12.8. The number of alkyl halides is 3. The third-order valence-electron chi connectivity index (χ3n) is 2.36. The topological polar surface area (TPSA) is 72.6 Å². The number of rotatable bonds is 4. The molecule has 0 saturated carbocycles. The van der Waals surface area contributed by atoms with Crippen LogP contribution in [0.15, 0.2) is 17.0 Å². The van der Waals surface area contributed by atoms with Gasteiger partial charge in [0.1, 0.15) is 6.54 Å². The van der Waals surface area contributed by atoms with E-state index in [1.54, 1.807) is 0 Å². The van der Waals surface area contributed by atoms with E-state index in [1.165, 1.54) is 0 Å². The third kappa shape index (κ3) is 3.51. The molecule has 1 aromatic rings. The Hall–Kier alpha value is -1.55. The predicted octanol–water partition coefficient (Wildman–Crippen LogP) is 1.60. The minimum atomic E-state index is -4.71. The molecule has 1 aromatic carbocycles. The average Bonchev–Trinajstić information content (AvgIpc) is 2.26. The van der Waals surface area contributed by atoms with Gasteiger partial charge in [-0.3, -0.25) is 0 Å². The summed E-state index contributed by atoms with van der Waals surface area (Å²) in [6.07, 6.45) is -4.71. The van der Waals surface area contributed by atoms with Crippen LogP contribution in [0.4, 0.5) is 23.2 Å². The van der Waals surface area contributed by atoms with Crippen LogP contribution in [0, 0.1) is 5.82 Å². The van der Waals surface area contributed by atoms with Gasteiger partial charge in [-0.15, -0.1) is 0 Å². The van der Waals surface area contributed by atoms with E-state index in [9.17, 15) is 26.0 Å². The van der Waals surface area contributed by atoms with Crippen molar-refractivity contribution in [3.05, 3.63) is 17.9 Å². The molecule has 1 rings (SSSR count). The molecular formula is C10H12F4N2O3S. The lowest BCUT2D eigenvalue weighted by Gasteiger charge is -2.19. The minimum Gasteiger partial charge on any atom is -0.492 e. The van der Waals surface area contributed by atoms with Crippen LogP contribution in [0.3, 0.4) is 0 Å². The molecule has 0 spiro atoms. The molecule has 0 aromatic heterocycles. The molecule has 0 bridgehead atoms. The largest absolute Gasteiger partial charge is 0.492 e. The zero-order chi connectivity index (χ0) is 15.7. The lowest BCUT2D eigenvalue weighted by Crippen LogP contribution is -2.35. The third-order valence-corrected chi connectivity index (χ3v) is 4.14. The Morgan fingerprint density at radius 2 is 1.90 bits per heavy atom. The molecule has 0 aliphatic heterocycles. The summed E-state index contributed by atoms with van der Waals surface area (Å²) in [5.74, 6) is -1.45. The standard InChI is InChI=1S/C10H12F4N2O3S/c1-16(5-10(12,13)14)20(17,18)6-3-7(11)9(19-2)8(15)4-6/h3-4H,5,15H2,1-2H3. The van der Waals surface area contributed by atoms with Crippen LogP contribution in [-0.2, 0) is 10.0 Å². The van der Waals surface area contributed by atoms with Crippen LogP contribution in [0.1, 0.15) is 0 Å². The van der Waals surface area contributed by atoms with Gasteiger partial charge in [-0.2, -0.15) is 17.5 Å². The molecule has 20 heavy (non-hydrogen) atoms. The molecule has 2 N–H and O–H groups in total. The van der Waals surface area contributed by atoms with Crippen LogP contribution >= 0.6 is 0 Å². The van der Waals surface area contributed by atoms with Crippen molar-refractivity contribution in [2.45, 2.75) is 11.1 Å². The Morgan fingerprint density at radius 1 is 1.35 bits per heavy atom. The highest BCUT2D eigenvalue weighted by molar-refractivity contribution is 7.89. The smallest absolute Gasteiger partial charge is 0.402 e. The summed E-state index contributed by atoms with van der Waals surface area (Å²) in [7, 11) is -2.64. The van der Waals surface area contributed by atoms with Gasteiger partial charge in [0.15, 0.2) is 11.6 Å². The summed E-state index contributed by atoms with van der Waals surface area (Å²) >= 11 is 0. The summed E-state index contributed by atoms with van der Waals surface area (Å²) in [4.78, 5) is -0.681. The quantitative estimate of drug-likeness (QED) is 0.676. The fourth-order valence-corrected chi connectivity index (χ4v) is 2.68. The minimum absolute atomic E-state index is 0.0632. The number of sulfonamides is 1. The highest BCUT2D eigenvalue weighted by Gasteiger charge is 2.35. The summed E-state index contributed by atoms with van der Waals surface area (Å²) in [5.41, 5.74) is 5.06. The molecule has 0 unspecified atom stereocenters. The summed E-state index contributed by atoms with van der Waals surface area (Å²) in [5, 5.41) is 0. The molecule has 5 nitrogen and oxygen atoms in total. The molecule has 10 heteroatoms. The number of methoxy groups -OCH3 is 1. The van der Waals surface area contributed by atoms with E-state index < -0.39 is 33.5 Å². The highest BCUT2D eigenvalue weighted by atomic mass is 32.2. The second-order valence-electron chi connectivity index (χ2n) is 3.90. The zero-order valence-electron chi connectivity index (χ0n) is 10.5. The summed E-state index contributed by atoms with van der Waals surface area (Å²) in [6, 6.07) is 1.39. The van der Waals surface area contributed by atoms with Gasteiger partial charge in [0.25, 0.3) is 0 Å². The second-order valence-corrected chi connectivity index (χ2v) is 5.95. The lowest BCUT2D eigenvalue weighted by atomic mass is 10.3. The number of hydrogen-bond acceptors (Lipinski definition) is 4. The molecular weight excluding hydrogens is 304 g/mol. The molecule has 0 saturated heterocycles. The van der Waals surface area contributed by atoms with E-state index in [4.69, 9.17) is 5.73 Å². The lowest BCUT2D eigenvalue weighted by molar-refractivity contribution is -0.134. The second kappa shape index (κ2) is 5.44. The molecule has 114 valence electrons. The Labute approximate surface area is 113 Å². The maximum Gasteiger partial charge on any atom is 0.402 e. The molecule has 0 radical (unpaired) electrons. The maximum atomic E-state index is 13.5. The summed E-state index contributed by atoms with van der Waals surface area (Å²) < 4.78 is 78.6. The number of hydrogen-bond donors (Lipinski definition) is 1. The van der Waals surface area contributed by atoms with Crippen molar-refractivity contribution in [2.24, 2.45) is 0 Å². The van der Waals surface area contributed by atoms with Crippen molar-refractivity contribution in [1.29, 1.82) is 0 Å². The van der Waals surface area contributed by atoms with E-state index in [1.807, 2.05) is 0 Å². The van der Waals surface area contributed by atoms with Crippen molar-refractivity contribution in [3.63, 3.8) is 0 Å². The van der Waals surface area contributed by atoms with Crippen LogP contribution in [-0.4, -0.2) is 39.6 Å². The molecule has 0 fully saturated rings. The van der Waals surface area contributed by atoms with Crippen LogP contribution in [0.2, 0.25) is 0 Å². The van der Waals surface area contributed by atoms with E-state index in [2.05, 4.69) is 4.74 Å². The van der Waals surface area contributed by atoms with Gasteiger partial charge < -0.3 is 10.5 Å². The molecule has 0 atom stereocenters. The average molecular weight is 316 g/mol. The van der Waals surface area contributed by atoms with Crippen LogP contribution in [0.5, 0.6) is 5.75 Å². The first kappa shape index (κ1) is 16.5. The van der Waals surface area contributed by atoms with Crippen molar-refractivity contribution in [2.75, 3.05) is 26.4 Å². The number of ether oxygens (including phenoxy) is 1. The van der Waals surface area contributed by atoms with Crippen molar-refractivity contribution < 1.29 is 30.7 Å². The number of halogens is 4. The van der Waals surface area contributed by atoms with Crippen LogP contribution < -0.4 is 10.5 Å². The van der Waals surface area contributed by atoms with Crippen molar-refractivity contribution >= 4 is 15.7 Å². The van der Waals surface area contributed by atoms with E-state index in [0.29, 0.717) is 6.07 Å². The van der Waals surface area contributed by atoms with E-state index in [0.717, 1.165) is 20.2 Å². The molecule has 0 aliphatic carbocycles. The number of anilines is 1. The van der Waals surface area contributed by atoms with E-state index >= 15 is 0 Å². The molecule has 0 heterocycles. The van der Waals surface area contributed by atoms with E-state index in [-0.39, 0.29) is 15.7 Å². The van der Waals surface area contributed by atoms with Crippen molar-refractivity contribution in [3.8, 4) is 5.75 Å². The van der Waals surface area contributed by atoms with Gasteiger partial charge in [0.05, 0.1) is 17.7 Å². The Morgan fingerprint density at radius 3 is 2.30 bits per heavy atom. The Balaban J connectivity index is 3.23. The fraction of sp³-hybridized carbons (Fsp3) is 0.400. The highest BCUT2D eigenvalue weighted by Crippen LogP contribution is 2.30. The summed E-state index contributed by atoms with van der Waals surface area (Å²) in [6.45, 7) is -1.69. The van der Waals surface area contributed by atoms with Gasteiger partial charge in [-0.25, -0.2) is 12.8 Å². The number of nitrogens with two attached hydrogens (primary N) is 1. The van der Waals surface area contributed by atoms with Crippen LogP contribution in [0.25, 0.3) is 0 Å². The monoisotopic (exact) mass is 316 g/mol. The number of nitrogen functional groups attached to an aromatic ring is 1. The molecule has 0 aliphatic rings. The van der Waals surface area contributed by atoms with Gasteiger partial charge >= 0.3 is 6.18 Å². The maximum absolute atomic E-state index is 13.5.